The number of aryl methyl sites for hydroxylation is 3. The molecule has 3 heterocycles. The first-order valence-corrected chi connectivity index (χ1v) is 8.73. The number of hydrogen-bond donors (Lipinski definition) is 1. The van der Waals surface area contributed by atoms with Gasteiger partial charge in [0.05, 0.1) is 12.2 Å². The highest BCUT2D eigenvalue weighted by molar-refractivity contribution is 14.1. The number of aromatic nitrogens is 6. The third kappa shape index (κ3) is 2.91. The number of rotatable bonds is 4. The molecular weight excluding hydrogens is 415 g/mol. The molecule has 1 aromatic carbocycles. The fraction of sp³-hybridized carbons (Fsp3) is 0.176. The minimum atomic E-state index is 0.739. The molecule has 1 N–H and O–H groups in total. The number of nitrogens with zero attached hydrogens (tertiary/aromatic N) is 5. The number of benzene rings is 1. The van der Waals surface area contributed by atoms with Gasteiger partial charge in [0, 0.05) is 15.2 Å². The third-order valence-corrected chi connectivity index (χ3v) is 4.63. The normalized spacial score (nSPS) is 11.2. The molecule has 0 aliphatic carbocycles. The van der Waals surface area contributed by atoms with E-state index in [9.17, 15) is 0 Å². The van der Waals surface area contributed by atoms with Crippen LogP contribution in [0.5, 0.6) is 0 Å². The zero-order valence-corrected chi connectivity index (χ0v) is 15.2. The van der Waals surface area contributed by atoms with Crippen molar-refractivity contribution in [3.05, 3.63) is 57.7 Å². The number of nitrogens with one attached hydrogen (secondary N) is 1. The maximum Gasteiger partial charge on any atom is 0.141 e. The number of hydrogen-bond acceptors (Lipinski definition) is 4. The van der Waals surface area contributed by atoms with Crippen molar-refractivity contribution >= 4 is 33.6 Å². The van der Waals surface area contributed by atoms with Gasteiger partial charge in [-0.25, -0.2) is 9.97 Å². The molecule has 4 rings (SSSR count). The molecule has 0 fully saturated rings. The number of halogens is 1. The van der Waals surface area contributed by atoms with Gasteiger partial charge in [0.15, 0.2) is 0 Å². The second-order valence-electron chi connectivity index (χ2n) is 5.57. The van der Waals surface area contributed by atoms with Crippen LogP contribution in [-0.2, 0) is 13.0 Å². The molecule has 0 amide bonds. The van der Waals surface area contributed by atoms with E-state index in [2.05, 4.69) is 72.0 Å². The lowest BCUT2D eigenvalue weighted by molar-refractivity contribution is 0.535. The van der Waals surface area contributed by atoms with E-state index in [1.807, 2.05) is 19.2 Å². The lowest BCUT2D eigenvalue weighted by Gasteiger charge is -2.01. The van der Waals surface area contributed by atoms with Gasteiger partial charge in [0.25, 0.3) is 0 Å². The standard InChI is InChI=1S/C17H15IN6/c1-11-15(16-14-6-8-19-17(14)21-10-20-16)23-24(22-11)9-7-12-2-4-13(18)5-3-12/h2-6,8,10H,7,9H2,1H3,(H,19,20,21). The summed E-state index contributed by atoms with van der Waals surface area (Å²) in [7, 11) is 0. The predicted molar refractivity (Wildman–Crippen MR) is 101 cm³/mol. The van der Waals surface area contributed by atoms with E-state index in [0.29, 0.717) is 0 Å². The molecule has 6 nitrogen and oxygen atoms in total. The minimum absolute atomic E-state index is 0.739. The first-order valence-electron chi connectivity index (χ1n) is 7.65. The maximum atomic E-state index is 4.64. The van der Waals surface area contributed by atoms with Crippen molar-refractivity contribution in [2.75, 3.05) is 0 Å². The number of aromatic amines is 1. The second-order valence-corrected chi connectivity index (χ2v) is 6.81. The Kier molecular flexibility index (Phi) is 4.01. The van der Waals surface area contributed by atoms with E-state index < -0.39 is 0 Å². The van der Waals surface area contributed by atoms with Crippen molar-refractivity contribution in [1.29, 1.82) is 0 Å². The van der Waals surface area contributed by atoms with Crippen LogP contribution in [0.15, 0.2) is 42.9 Å². The van der Waals surface area contributed by atoms with Crippen LogP contribution in [0.3, 0.4) is 0 Å². The minimum Gasteiger partial charge on any atom is -0.346 e. The molecule has 0 bridgehead atoms. The van der Waals surface area contributed by atoms with E-state index in [1.54, 1.807) is 11.1 Å². The molecule has 3 aromatic heterocycles. The molecule has 0 atom stereocenters. The summed E-state index contributed by atoms with van der Waals surface area (Å²) in [5, 5.41) is 10.1. The Bertz CT molecular complexity index is 986. The fourth-order valence-electron chi connectivity index (χ4n) is 2.69. The molecule has 120 valence electrons. The van der Waals surface area contributed by atoms with Gasteiger partial charge in [-0.1, -0.05) is 12.1 Å². The zero-order chi connectivity index (χ0) is 16.5. The van der Waals surface area contributed by atoms with Crippen molar-refractivity contribution in [2.24, 2.45) is 0 Å². The summed E-state index contributed by atoms with van der Waals surface area (Å²) in [6.45, 7) is 2.70. The van der Waals surface area contributed by atoms with E-state index in [4.69, 9.17) is 0 Å². The van der Waals surface area contributed by atoms with Crippen LogP contribution in [0.2, 0.25) is 0 Å². The van der Waals surface area contributed by atoms with Crippen LogP contribution < -0.4 is 0 Å². The van der Waals surface area contributed by atoms with Crippen molar-refractivity contribution in [2.45, 2.75) is 19.9 Å². The number of H-pyrrole nitrogens is 1. The van der Waals surface area contributed by atoms with Crippen LogP contribution in [0.1, 0.15) is 11.3 Å². The second kappa shape index (κ2) is 6.31. The molecule has 0 unspecified atom stereocenters. The molecule has 0 spiro atoms. The predicted octanol–water partition coefficient (Wildman–Crippen LogP) is 3.37. The highest BCUT2D eigenvalue weighted by Gasteiger charge is 2.15. The van der Waals surface area contributed by atoms with Gasteiger partial charge in [-0.15, -0.1) is 0 Å². The smallest absolute Gasteiger partial charge is 0.141 e. The van der Waals surface area contributed by atoms with Crippen LogP contribution in [0.4, 0.5) is 0 Å². The highest BCUT2D eigenvalue weighted by Crippen LogP contribution is 2.24. The largest absolute Gasteiger partial charge is 0.346 e. The monoisotopic (exact) mass is 430 g/mol. The van der Waals surface area contributed by atoms with Gasteiger partial charge in [0.1, 0.15) is 23.4 Å². The molecule has 0 aliphatic rings. The summed E-state index contributed by atoms with van der Waals surface area (Å²) in [4.78, 5) is 13.5. The first-order chi connectivity index (χ1) is 11.7. The van der Waals surface area contributed by atoms with Crippen LogP contribution in [0.25, 0.3) is 22.4 Å². The summed E-state index contributed by atoms with van der Waals surface area (Å²) in [5.41, 5.74) is 4.59. The molecule has 0 radical (unpaired) electrons. The lowest BCUT2D eigenvalue weighted by atomic mass is 10.2. The van der Waals surface area contributed by atoms with Gasteiger partial charge >= 0.3 is 0 Å². The average molecular weight is 430 g/mol. The Morgan fingerprint density at radius 3 is 2.71 bits per heavy atom. The molecule has 0 saturated carbocycles. The Balaban J connectivity index is 1.60. The quantitative estimate of drug-likeness (QED) is 0.504. The van der Waals surface area contributed by atoms with Crippen LogP contribution in [-0.4, -0.2) is 29.9 Å². The maximum absolute atomic E-state index is 4.64. The zero-order valence-electron chi connectivity index (χ0n) is 13.1. The topological polar surface area (TPSA) is 72.3 Å². The summed E-state index contributed by atoms with van der Waals surface area (Å²) in [6.07, 6.45) is 4.31. The molecule has 0 aliphatic heterocycles. The van der Waals surface area contributed by atoms with Crippen LogP contribution >= 0.6 is 22.6 Å². The molecule has 4 aromatic rings. The van der Waals surface area contributed by atoms with Gasteiger partial charge in [-0.3, -0.25) is 0 Å². The molecule has 7 heteroatoms. The van der Waals surface area contributed by atoms with Gasteiger partial charge < -0.3 is 4.98 Å². The summed E-state index contributed by atoms with van der Waals surface area (Å²) < 4.78 is 1.24. The van der Waals surface area contributed by atoms with E-state index in [-0.39, 0.29) is 0 Å². The van der Waals surface area contributed by atoms with Gasteiger partial charge in [0.2, 0.25) is 0 Å². The van der Waals surface area contributed by atoms with Crippen molar-refractivity contribution < 1.29 is 0 Å². The SMILES string of the molecule is Cc1nn(CCc2ccc(I)cc2)nc1-c1ncnc2[nH]ccc12. The Morgan fingerprint density at radius 1 is 1.04 bits per heavy atom. The number of fused-ring (bicyclic) bond motifs is 1. The summed E-state index contributed by atoms with van der Waals surface area (Å²) in [6, 6.07) is 10.5. The van der Waals surface area contributed by atoms with E-state index >= 15 is 0 Å². The lowest BCUT2D eigenvalue weighted by Crippen LogP contribution is -2.05. The Labute approximate surface area is 152 Å². The fourth-order valence-corrected chi connectivity index (χ4v) is 3.05. The van der Waals surface area contributed by atoms with Crippen molar-refractivity contribution in [3.63, 3.8) is 0 Å². The average Bonchev–Trinajstić information content (AvgIpc) is 3.20. The summed E-state index contributed by atoms with van der Waals surface area (Å²) >= 11 is 2.31. The van der Waals surface area contributed by atoms with Crippen LogP contribution in [0, 0.1) is 10.5 Å². The van der Waals surface area contributed by atoms with E-state index in [1.165, 1.54) is 9.13 Å². The van der Waals surface area contributed by atoms with E-state index in [0.717, 1.165) is 41.1 Å². The first kappa shape index (κ1) is 15.3. The van der Waals surface area contributed by atoms with Gasteiger partial charge in [-0.2, -0.15) is 15.0 Å². The molecule has 24 heavy (non-hydrogen) atoms. The van der Waals surface area contributed by atoms with Gasteiger partial charge in [-0.05, 0) is 59.7 Å². The Hall–Kier alpha value is -2.29. The van der Waals surface area contributed by atoms with Crippen molar-refractivity contribution in [1.82, 2.24) is 29.9 Å². The molecule has 0 saturated heterocycles. The highest BCUT2D eigenvalue weighted by atomic mass is 127. The summed E-state index contributed by atoms with van der Waals surface area (Å²) in [5.74, 6) is 0. The third-order valence-electron chi connectivity index (χ3n) is 3.92. The van der Waals surface area contributed by atoms with Crippen molar-refractivity contribution in [3.8, 4) is 11.4 Å². The Morgan fingerprint density at radius 2 is 1.88 bits per heavy atom. The molecular formula is C17H15IN6.